The van der Waals surface area contributed by atoms with Crippen molar-refractivity contribution < 1.29 is 24.2 Å². The highest BCUT2D eigenvalue weighted by Gasteiger charge is 2.24. The van der Waals surface area contributed by atoms with Gasteiger partial charge in [0, 0.05) is 6.04 Å². The lowest BCUT2D eigenvalue weighted by molar-refractivity contribution is -0.129. The number of methoxy groups -OCH3 is 1. The van der Waals surface area contributed by atoms with E-state index in [1.54, 1.807) is 0 Å². The van der Waals surface area contributed by atoms with E-state index in [1.165, 1.54) is 32.2 Å². The molecule has 1 unspecified atom stereocenters. The van der Waals surface area contributed by atoms with E-state index in [4.69, 9.17) is 9.47 Å². The summed E-state index contributed by atoms with van der Waals surface area (Å²) in [4.78, 5) is 24.1. The van der Waals surface area contributed by atoms with Crippen molar-refractivity contribution in [3.05, 3.63) is 23.8 Å². The van der Waals surface area contributed by atoms with Crippen molar-refractivity contribution >= 4 is 11.9 Å². The molecular formula is C16H21NO5. The van der Waals surface area contributed by atoms with Gasteiger partial charge in [0.15, 0.2) is 6.10 Å². The molecule has 1 fully saturated rings. The molecule has 0 aromatic heterocycles. The molecule has 2 N–H and O–H groups in total. The van der Waals surface area contributed by atoms with E-state index in [0.29, 0.717) is 5.75 Å². The van der Waals surface area contributed by atoms with E-state index in [0.717, 1.165) is 25.7 Å². The third-order valence-electron chi connectivity index (χ3n) is 3.78. The Morgan fingerprint density at radius 3 is 2.64 bits per heavy atom. The second-order valence-corrected chi connectivity index (χ2v) is 5.42. The van der Waals surface area contributed by atoms with Gasteiger partial charge in [0.2, 0.25) is 0 Å². The van der Waals surface area contributed by atoms with Gasteiger partial charge in [-0.3, -0.25) is 4.79 Å². The molecule has 1 saturated carbocycles. The molecule has 1 aliphatic carbocycles. The number of rotatable bonds is 5. The van der Waals surface area contributed by atoms with Gasteiger partial charge < -0.3 is 19.9 Å². The zero-order chi connectivity index (χ0) is 16.1. The maximum Gasteiger partial charge on any atom is 0.342 e. The van der Waals surface area contributed by atoms with E-state index in [2.05, 4.69) is 5.32 Å². The minimum absolute atomic E-state index is 0.0279. The van der Waals surface area contributed by atoms with Crippen LogP contribution in [0.2, 0.25) is 0 Å². The van der Waals surface area contributed by atoms with Crippen molar-refractivity contribution in [3.63, 3.8) is 0 Å². The Hall–Kier alpha value is -2.24. The molecule has 2 rings (SSSR count). The Balaban J connectivity index is 1.96. The Morgan fingerprint density at radius 1 is 1.32 bits per heavy atom. The molecule has 0 radical (unpaired) electrons. The number of hydrogen-bond donors (Lipinski definition) is 2. The highest BCUT2D eigenvalue weighted by Crippen LogP contribution is 2.24. The fourth-order valence-electron chi connectivity index (χ4n) is 2.47. The van der Waals surface area contributed by atoms with Crippen molar-refractivity contribution in [2.24, 2.45) is 0 Å². The van der Waals surface area contributed by atoms with Crippen LogP contribution in [0.4, 0.5) is 0 Å². The summed E-state index contributed by atoms with van der Waals surface area (Å²) in [7, 11) is 1.46. The quantitative estimate of drug-likeness (QED) is 0.813. The van der Waals surface area contributed by atoms with Gasteiger partial charge in [0.1, 0.15) is 17.1 Å². The zero-order valence-corrected chi connectivity index (χ0v) is 12.8. The third kappa shape index (κ3) is 3.90. The number of carbonyl (C=O) groups is 2. The molecule has 6 nitrogen and oxygen atoms in total. The minimum atomic E-state index is -0.918. The van der Waals surface area contributed by atoms with Crippen molar-refractivity contribution in [2.45, 2.75) is 44.8 Å². The lowest BCUT2D eigenvalue weighted by Crippen LogP contribution is -2.40. The Labute approximate surface area is 129 Å². The molecular weight excluding hydrogens is 286 g/mol. The molecule has 1 amide bonds. The average molecular weight is 307 g/mol. The van der Waals surface area contributed by atoms with Gasteiger partial charge in [0.05, 0.1) is 7.11 Å². The Morgan fingerprint density at radius 2 is 2.00 bits per heavy atom. The van der Waals surface area contributed by atoms with Crippen molar-refractivity contribution in [3.8, 4) is 11.5 Å². The van der Waals surface area contributed by atoms with E-state index < -0.39 is 12.1 Å². The van der Waals surface area contributed by atoms with E-state index in [9.17, 15) is 14.7 Å². The minimum Gasteiger partial charge on any atom is -0.507 e. The lowest BCUT2D eigenvalue weighted by Gasteiger charge is -2.17. The van der Waals surface area contributed by atoms with Crippen molar-refractivity contribution in [1.82, 2.24) is 5.32 Å². The van der Waals surface area contributed by atoms with Gasteiger partial charge in [-0.05, 0) is 38.0 Å². The van der Waals surface area contributed by atoms with Gasteiger partial charge in [-0.1, -0.05) is 12.8 Å². The molecule has 120 valence electrons. The molecule has 0 bridgehead atoms. The summed E-state index contributed by atoms with van der Waals surface area (Å²) in [5, 5.41) is 12.6. The first kappa shape index (κ1) is 16.1. The molecule has 0 heterocycles. The van der Waals surface area contributed by atoms with Crippen LogP contribution in [0.3, 0.4) is 0 Å². The maximum atomic E-state index is 12.1. The first-order chi connectivity index (χ1) is 10.5. The number of ether oxygens (including phenoxy) is 2. The Kier molecular flexibility index (Phi) is 5.25. The fraction of sp³-hybridized carbons (Fsp3) is 0.500. The highest BCUT2D eigenvalue weighted by atomic mass is 16.5. The van der Waals surface area contributed by atoms with Crippen LogP contribution >= 0.6 is 0 Å². The second kappa shape index (κ2) is 7.15. The van der Waals surface area contributed by atoms with E-state index in [1.807, 2.05) is 0 Å². The number of carbonyl (C=O) groups excluding carboxylic acids is 2. The molecule has 1 aromatic rings. The average Bonchev–Trinajstić information content (AvgIpc) is 3.00. The monoisotopic (exact) mass is 307 g/mol. The number of aromatic hydroxyl groups is 1. The van der Waals surface area contributed by atoms with Gasteiger partial charge in [0.25, 0.3) is 5.91 Å². The van der Waals surface area contributed by atoms with Crippen molar-refractivity contribution in [1.29, 1.82) is 0 Å². The SMILES string of the molecule is COc1ccc(O)c(C(=O)OC(C)C(=O)NC2CCCC2)c1. The second-order valence-electron chi connectivity index (χ2n) is 5.42. The molecule has 0 aliphatic heterocycles. The number of esters is 1. The first-order valence-electron chi connectivity index (χ1n) is 7.39. The number of amides is 1. The summed E-state index contributed by atoms with van der Waals surface area (Å²) >= 11 is 0. The molecule has 1 aliphatic rings. The summed E-state index contributed by atoms with van der Waals surface area (Å²) in [5.41, 5.74) is -0.0279. The van der Waals surface area contributed by atoms with Gasteiger partial charge in [-0.2, -0.15) is 0 Å². The summed E-state index contributed by atoms with van der Waals surface area (Å²) in [5.74, 6) is -0.866. The van der Waals surface area contributed by atoms with Crippen molar-refractivity contribution in [2.75, 3.05) is 7.11 Å². The molecule has 0 spiro atoms. The predicted octanol–water partition coefficient (Wildman–Crippen LogP) is 2.00. The van der Waals surface area contributed by atoms with Crippen LogP contribution in [0, 0.1) is 0 Å². The molecule has 6 heteroatoms. The molecule has 0 saturated heterocycles. The largest absolute Gasteiger partial charge is 0.507 e. The number of hydrogen-bond acceptors (Lipinski definition) is 5. The number of phenolic OH excluding ortho intramolecular Hbond substituents is 1. The summed E-state index contributed by atoms with van der Waals surface area (Å²) < 4.78 is 10.1. The number of benzene rings is 1. The van der Waals surface area contributed by atoms with Crippen LogP contribution in [0.1, 0.15) is 43.0 Å². The summed E-state index contributed by atoms with van der Waals surface area (Å²) in [6.45, 7) is 1.51. The van der Waals surface area contributed by atoms with Gasteiger partial charge in [-0.25, -0.2) is 4.79 Å². The van der Waals surface area contributed by atoms with Crippen LogP contribution in [0.5, 0.6) is 11.5 Å². The smallest absolute Gasteiger partial charge is 0.342 e. The summed E-state index contributed by atoms with van der Waals surface area (Å²) in [6, 6.07) is 4.42. The van der Waals surface area contributed by atoms with E-state index >= 15 is 0 Å². The van der Waals surface area contributed by atoms with Gasteiger partial charge in [-0.15, -0.1) is 0 Å². The molecule has 1 aromatic carbocycles. The maximum absolute atomic E-state index is 12.1. The summed E-state index contributed by atoms with van der Waals surface area (Å²) in [6.07, 6.45) is 3.22. The molecule has 22 heavy (non-hydrogen) atoms. The first-order valence-corrected chi connectivity index (χ1v) is 7.39. The normalized spacial score (nSPS) is 16.1. The standard InChI is InChI=1S/C16H21NO5/c1-10(15(19)17-11-5-3-4-6-11)22-16(20)13-9-12(21-2)7-8-14(13)18/h7-11,18H,3-6H2,1-2H3,(H,17,19). The zero-order valence-electron chi connectivity index (χ0n) is 12.8. The van der Waals surface area contributed by atoms with E-state index in [-0.39, 0.29) is 23.3 Å². The fourth-order valence-corrected chi connectivity index (χ4v) is 2.47. The predicted molar refractivity (Wildman–Crippen MR) is 79.9 cm³/mol. The Bertz CT molecular complexity index is 551. The molecule has 1 atom stereocenters. The third-order valence-corrected chi connectivity index (χ3v) is 3.78. The number of phenols is 1. The van der Waals surface area contributed by atoms with Crippen LogP contribution in [-0.2, 0) is 9.53 Å². The van der Waals surface area contributed by atoms with Crippen LogP contribution in [0.15, 0.2) is 18.2 Å². The van der Waals surface area contributed by atoms with Gasteiger partial charge >= 0.3 is 5.97 Å². The lowest BCUT2D eigenvalue weighted by atomic mass is 10.2. The van der Waals surface area contributed by atoms with Crippen LogP contribution in [0.25, 0.3) is 0 Å². The topological polar surface area (TPSA) is 84.9 Å². The van der Waals surface area contributed by atoms with Crippen LogP contribution < -0.4 is 10.1 Å². The number of nitrogens with one attached hydrogen (secondary N) is 1. The van der Waals surface area contributed by atoms with Crippen LogP contribution in [-0.4, -0.2) is 36.2 Å². The highest BCUT2D eigenvalue weighted by molar-refractivity contribution is 5.95.